The normalized spacial score (nSPS) is 22.0. The Bertz CT molecular complexity index is 6090. The quantitative estimate of drug-likeness (QED) is 0.0321. The highest BCUT2D eigenvalue weighted by atomic mass is 16.7. The molecule has 26 rings (SSSR count). The SMILES string of the molecule is CCc1ccc(-c2ccc(Cc3ccccc3OCC3CO3)cc2)cc1.c1cc(C(c2ccc(OCC3CO3)cc2)C(c2ccc(OCC3CO3)cc2)c2ccc(OCC3CO3)cc2)ccc1OCC1CO1.c1cc2ccc(OCC3CO3)c(Cc3c(OCC4CO4)ccc4ccc(OCC5CO5)cc34)c2cc1OCC1CO1.c1cc2ccc(OCC3CO3)cc2cc1OCC1CO1.c1ccc(OCC2CO2)cc1. The van der Waals surface area contributed by atoms with Gasteiger partial charge in [0.05, 0.1) is 79.3 Å². The molecule has 0 spiro atoms. The Hall–Kier alpha value is -13.0. The molecule has 14 aromatic rings. The van der Waals surface area contributed by atoms with Gasteiger partial charge in [0.2, 0.25) is 0 Å². The number of rotatable bonds is 47. The largest absolute Gasteiger partial charge is 0.491 e. The second-order valence-corrected chi connectivity index (χ2v) is 38.0. The van der Waals surface area contributed by atoms with Crippen molar-refractivity contribution in [1.82, 2.24) is 0 Å². The van der Waals surface area contributed by atoms with Crippen LogP contribution in [0.25, 0.3) is 43.4 Å². The van der Waals surface area contributed by atoms with E-state index < -0.39 is 0 Å². The smallest absolute Gasteiger partial charge is 0.123 e. The lowest BCUT2D eigenvalue weighted by molar-refractivity contribution is 0.259. The van der Waals surface area contributed by atoms with Crippen LogP contribution in [0.1, 0.15) is 68.8 Å². The van der Waals surface area contributed by atoms with E-state index in [4.69, 9.17) is 114 Å². The number of hydrogen-bond donors (Lipinski definition) is 0. The number of benzene rings is 14. The van der Waals surface area contributed by atoms with Gasteiger partial charge >= 0.3 is 0 Å². The van der Waals surface area contributed by atoms with Crippen LogP contribution in [0.3, 0.4) is 0 Å². The lowest BCUT2D eigenvalue weighted by Gasteiger charge is -2.30. The van der Waals surface area contributed by atoms with Crippen molar-refractivity contribution in [2.24, 2.45) is 0 Å². The average molecular weight is 1950 g/mol. The summed E-state index contributed by atoms with van der Waals surface area (Å²) in [5.41, 5.74) is 13.3. The summed E-state index contributed by atoms with van der Waals surface area (Å²) in [5, 5.41) is 6.70. The molecule has 0 aliphatic carbocycles. The lowest BCUT2D eigenvalue weighted by Crippen LogP contribution is -2.15. The van der Waals surface area contributed by atoms with Crippen molar-refractivity contribution in [3.63, 3.8) is 0 Å². The Balaban J connectivity index is 0.000000110. The summed E-state index contributed by atoms with van der Waals surface area (Å²) in [6.45, 7) is 18.6. The van der Waals surface area contributed by atoms with Gasteiger partial charge in [0.15, 0.2) is 0 Å². The minimum absolute atomic E-state index is 0.0140. The predicted molar refractivity (Wildman–Crippen MR) is 544 cm³/mol. The molecule has 12 fully saturated rings. The van der Waals surface area contributed by atoms with Crippen molar-refractivity contribution in [2.45, 2.75) is 111 Å². The van der Waals surface area contributed by atoms with Gasteiger partial charge < -0.3 is 114 Å². The molecular formula is C120H120O24. The van der Waals surface area contributed by atoms with Crippen LogP contribution >= 0.6 is 0 Å². The molecule has 0 bridgehead atoms. The second-order valence-electron chi connectivity index (χ2n) is 38.0. The maximum Gasteiger partial charge on any atom is 0.123 e. The molecule has 12 aliphatic heterocycles. The predicted octanol–water partition coefficient (Wildman–Crippen LogP) is 19.6. The van der Waals surface area contributed by atoms with Gasteiger partial charge in [-0.05, 0) is 216 Å². The molecular weight excluding hydrogens is 1830 g/mol. The molecule has 0 N–H and O–H groups in total. The summed E-state index contributed by atoms with van der Waals surface area (Å²) in [5.74, 6) is 10.2. The van der Waals surface area contributed by atoms with Crippen molar-refractivity contribution in [1.29, 1.82) is 0 Å². The topological polar surface area (TPSA) is 261 Å². The summed E-state index contributed by atoms with van der Waals surface area (Å²) in [6.07, 6.45) is 5.22. The van der Waals surface area contributed by atoms with Gasteiger partial charge in [-0.3, -0.25) is 0 Å². The van der Waals surface area contributed by atoms with Gasteiger partial charge in [-0.15, -0.1) is 0 Å². The van der Waals surface area contributed by atoms with E-state index in [-0.39, 0.29) is 79.0 Å². The summed E-state index contributed by atoms with van der Waals surface area (Å²) in [6, 6.07) is 103. The van der Waals surface area contributed by atoms with Gasteiger partial charge in [-0.2, -0.15) is 0 Å². The van der Waals surface area contributed by atoms with Crippen LogP contribution in [0.2, 0.25) is 0 Å². The number of ether oxygens (including phenoxy) is 24. The zero-order chi connectivity index (χ0) is 96.5. The van der Waals surface area contributed by atoms with Gasteiger partial charge in [-0.25, -0.2) is 0 Å². The fourth-order valence-electron chi connectivity index (χ4n) is 16.8. The second kappa shape index (κ2) is 46.4. The van der Waals surface area contributed by atoms with Crippen LogP contribution in [-0.4, -0.2) is 232 Å². The van der Waals surface area contributed by atoms with E-state index in [1.165, 1.54) is 55.5 Å². The maximum absolute atomic E-state index is 6.36. The first kappa shape index (κ1) is 95.8. The number of hydrogen-bond acceptors (Lipinski definition) is 24. The number of para-hydroxylation sites is 2. The molecule has 0 saturated carbocycles. The van der Waals surface area contributed by atoms with Crippen LogP contribution in [0.4, 0.5) is 0 Å². The Labute approximate surface area is 838 Å². The summed E-state index contributed by atoms with van der Waals surface area (Å²) in [4.78, 5) is 0. The van der Waals surface area contributed by atoms with Crippen molar-refractivity contribution in [3.05, 3.63) is 347 Å². The monoisotopic (exact) mass is 1940 g/mol. The first-order valence-corrected chi connectivity index (χ1v) is 50.4. The summed E-state index contributed by atoms with van der Waals surface area (Å²) >= 11 is 0. The van der Waals surface area contributed by atoms with Gasteiger partial charge in [0.1, 0.15) is 222 Å². The molecule has 14 aromatic carbocycles. The van der Waals surface area contributed by atoms with Crippen LogP contribution in [0.15, 0.2) is 297 Å². The van der Waals surface area contributed by atoms with E-state index in [2.05, 4.69) is 225 Å². The zero-order valence-electron chi connectivity index (χ0n) is 80.8. The number of fused-ring (bicyclic) bond motifs is 3. The minimum atomic E-state index is -0.0140. The molecule has 12 aliphatic rings. The third kappa shape index (κ3) is 29.0. The fraction of sp³-hybridized carbons (Fsp3) is 0.350. The van der Waals surface area contributed by atoms with Gasteiger partial charge in [-0.1, -0.05) is 177 Å². The first-order valence-electron chi connectivity index (χ1n) is 50.4. The third-order valence-electron chi connectivity index (χ3n) is 26.3. The molecule has 0 radical (unpaired) electrons. The molecule has 0 aromatic heterocycles. The van der Waals surface area contributed by atoms with E-state index in [0.717, 1.165) is 199 Å². The molecule has 12 saturated heterocycles. The van der Waals surface area contributed by atoms with Gasteiger partial charge in [0, 0.05) is 35.8 Å². The Morgan fingerprint density at radius 3 is 0.771 bits per heavy atom. The van der Waals surface area contributed by atoms with Crippen LogP contribution in [0.5, 0.6) is 69.0 Å². The maximum atomic E-state index is 6.36. The van der Waals surface area contributed by atoms with Gasteiger partial charge in [0.25, 0.3) is 0 Å². The molecule has 24 heteroatoms. The molecule has 0 amide bonds. The third-order valence-corrected chi connectivity index (χ3v) is 26.3. The molecule has 12 heterocycles. The van der Waals surface area contributed by atoms with Crippen molar-refractivity contribution >= 4 is 32.3 Å². The van der Waals surface area contributed by atoms with E-state index in [1.807, 2.05) is 78.9 Å². The van der Waals surface area contributed by atoms with Crippen LogP contribution in [-0.2, 0) is 76.1 Å². The van der Waals surface area contributed by atoms with E-state index in [0.29, 0.717) is 91.8 Å². The Morgan fingerprint density at radius 2 is 0.458 bits per heavy atom. The standard InChI is InChI=1S/C38H38O8.C33H32O8.C24H24O2.C16H16O4.C9H10O2/c1-9-29(39-17-33-21-43-33)10-2-25(1)37(26-3-11-30(12-4-26)40-18-34-22-44-34)38(27-5-13-31(14-6-27)41-19-35-23-45-35)28-7-15-32(16-8-28)42-20-36-24-46-36;1-5-22(34-12-24-14-36-24)9-28-20(1)3-7-32(40-18-26-16-38-26)30(28)11-31-29-10-23(35-13-25-15-37-25)6-2-21(29)4-8-33(31)41-19-27-17-39-27;1-2-18-7-11-20(12-8-18)21-13-9-19(10-14-21)15-22-5-3-4-6-24(22)26-17-23-16-25-23;1-3-13(17-7-15-9-19-15)5-12-6-14(4-2-11(1)12)18-8-16-10-20-16;1-2-4-8(5-3-1)10-6-9-7-11-9/h1-16,33-38H,17-24H2;1-10,24-27H,11-19H2;3-14,23H,2,15-17H2,1H3;1-6,15-16H,7-10H2;1-5,9H,6-7H2. The van der Waals surface area contributed by atoms with E-state index in [1.54, 1.807) is 0 Å². The Morgan fingerprint density at radius 1 is 0.208 bits per heavy atom. The van der Waals surface area contributed by atoms with Crippen LogP contribution < -0.4 is 56.8 Å². The lowest BCUT2D eigenvalue weighted by atomic mass is 9.73. The highest BCUT2D eigenvalue weighted by Crippen LogP contribution is 2.47. The van der Waals surface area contributed by atoms with Crippen molar-refractivity contribution in [3.8, 4) is 80.1 Å². The fourth-order valence-corrected chi connectivity index (χ4v) is 16.8. The molecule has 12 atom stereocenters. The van der Waals surface area contributed by atoms with E-state index in [9.17, 15) is 0 Å². The van der Waals surface area contributed by atoms with Crippen LogP contribution in [0, 0.1) is 0 Å². The summed E-state index contributed by atoms with van der Waals surface area (Å²) in [7, 11) is 0. The zero-order valence-corrected chi connectivity index (χ0v) is 80.8. The first-order chi connectivity index (χ1) is 71.1. The molecule has 24 nitrogen and oxygen atoms in total. The highest BCUT2D eigenvalue weighted by molar-refractivity contribution is 5.93. The van der Waals surface area contributed by atoms with E-state index >= 15 is 0 Å². The minimum Gasteiger partial charge on any atom is -0.491 e. The number of epoxide rings is 12. The average Bonchev–Trinajstić information content (AvgIpc) is 1.76. The van der Waals surface area contributed by atoms with Crippen molar-refractivity contribution < 1.29 is 114 Å². The molecule has 744 valence electrons. The molecule has 144 heavy (non-hydrogen) atoms. The molecule has 12 unspecified atom stereocenters. The highest BCUT2D eigenvalue weighted by Gasteiger charge is 2.35. The Kier molecular flexibility index (Phi) is 30.8. The number of aryl methyl sites for hydroxylation is 1. The summed E-state index contributed by atoms with van der Waals surface area (Å²) < 4.78 is 135. The van der Waals surface area contributed by atoms with Crippen molar-refractivity contribution in [2.75, 3.05) is 159 Å².